The summed E-state index contributed by atoms with van der Waals surface area (Å²) in [4.78, 5) is 4.23. The van der Waals surface area contributed by atoms with Crippen LogP contribution in [0.15, 0.2) is 58.5 Å². The molecule has 0 aliphatic rings. The molecule has 0 atom stereocenters. The van der Waals surface area contributed by atoms with E-state index in [1.54, 1.807) is 24.3 Å². The van der Waals surface area contributed by atoms with Crippen molar-refractivity contribution in [1.29, 1.82) is 0 Å². The van der Waals surface area contributed by atoms with Gasteiger partial charge in [0, 0.05) is 16.0 Å². The molecule has 0 fully saturated rings. The molecule has 0 saturated heterocycles. The standard InChI is InChI=1S/C18H16ClN3O3S/c1-13-4-2-3-5-16(13)18-21-17(22-25-18)12-20-26(23,24)11-10-14-6-8-15(19)9-7-14/h2-11,20H,12H2,1H3/b11-10+. The number of aromatic nitrogens is 2. The van der Waals surface area contributed by atoms with Gasteiger partial charge >= 0.3 is 0 Å². The fourth-order valence-electron chi connectivity index (χ4n) is 2.20. The van der Waals surface area contributed by atoms with Crippen LogP contribution < -0.4 is 4.72 Å². The maximum Gasteiger partial charge on any atom is 0.258 e. The van der Waals surface area contributed by atoms with Gasteiger partial charge in [-0.15, -0.1) is 0 Å². The SMILES string of the molecule is Cc1ccccc1-c1nc(CNS(=O)(=O)/C=C/c2ccc(Cl)cc2)no1. The molecule has 1 aromatic heterocycles. The van der Waals surface area contributed by atoms with Crippen LogP contribution in [0.25, 0.3) is 17.5 Å². The lowest BCUT2D eigenvalue weighted by atomic mass is 10.1. The van der Waals surface area contributed by atoms with Gasteiger partial charge in [-0.1, -0.05) is 47.1 Å². The quantitative estimate of drug-likeness (QED) is 0.693. The van der Waals surface area contributed by atoms with Crippen LogP contribution in [0.4, 0.5) is 0 Å². The fraction of sp³-hybridized carbons (Fsp3) is 0.111. The van der Waals surface area contributed by atoms with Crippen LogP contribution in [0, 0.1) is 6.92 Å². The van der Waals surface area contributed by atoms with Gasteiger partial charge in [-0.25, -0.2) is 13.1 Å². The van der Waals surface area contributed by atoms with Crippen molar-refractivity contribution in [2.75, 3.05) is 0 Å². The van der Waals surface area contributed by atoms with Crippen molar-refractivity contribution in [1.82, 2.24) is 14.9 Å². The zero-order valence-corrected chi connectivity index (χ0v) is 15.5. The van der Waals surface area contributed by atoms with Gasteiger partial charge in [0.2, 0.25) is 10.0 Å². The Hall–Kier alpha value is -2.48. The summed E-state index contributed by atoms with van der Waals surface area (Å²) in [5.74, 6) is 0.612. The molecular weight excluding hydrogens is 374 g/mol. The molecule has 134 valence electrons. The second kappa shape index (κ2) is 7.82. The van der Waals surface area contributed by atoms with Crippen molar-refractivity contribution in [3.63, 3.8) is 0 Å². The molecule has 0 aliphatic carbocycles. The lowest BCUT2D eigenvalue weighted by Gasteiger charge is -1.99. The summed E-state index contributed by atoms with van der Waals surface area (Å²) < 4.78 is 31.8. The number of sulfonamides is 1. The van der Waals surface area contributed by atoms with E-state index in [9.17, 15) is 8.42 Å². The topological polar surface area (TPSA) is 85.1 Å². The minimum atomic E-state index is -3.64. The lowest BCUT2D eigenvalue weighted by molar-refractivity contribution is 0.421. The zero-order valence-electron chi connectivity index (χ0n) is 13.9. The Morgan fingerprint density at radius 2 is 1.88 bits per heavy atom. The number of hydrogen-bond acceptors (Lipinski definition) is 5. The molecule has 26 heavy (non-hydrogen) atoms. The average Bonchev–Trinajstić information content (AvgIpc) is 3.09. The lowest BCUT2D eigenvalue weighted by Crippen LogP contribution is -2.21. The first-order chi connectivity index (χ1) is 12.4. The van der Waals surface area contributed by atoms with Gasteiger partial charge in [-0.3, -0.25) is 0 Å². The Labute approximate surface area is 156 Å². The second-order valence-corrected chi connectivity index (χ2v) is 7.64. The highest BCUT2D eigenvalue weighted by Crippen LogP contribution is 2.20. The van der Waals surface area contributed by atoms with Crippen molar-refractivity contribution in [3.05, 3.63) is 75.9 Å². The molecule has 0 amide bonds. The summed E-state index contributed by atoms with van der Waals surface area (Å²) in [5, 5.41) is 5.48. The maximum atomic E-state index is 12.1. The zero-order chi connectivity index (χ0) is 18.6. The van der Waals surface area contributed by atoms with Crippen LogP contribution in [0.5, 0.6) is 0 Å². The van der Waals surface area contributed by atoms with Gasteiger partial charge in [0.25, 0.3) is 5.89 Å². The number of rotatable bonds is 6. The number of nitrogens with one attached hydrogen (secondary N) is 1. The van der Waals surface area contributed by atoms with E-state index in [-0.39, 0.29) is 12.4 Å². The number of aryl methyl sites for hydroxylation is 1. The number of nitrogens with zero attached hydrogens (tertiary/aromatic N) is 2. The van der Waals surface area contributed by atoms with Crippen molar-refractivity contribution < 1.29 is 12.9 Å². The van der Waals surface area contributed by atoms with Crippen LogP contribution in [0.3, 0.4) is 0 Å². The Morgan fingerprint density at radius 3 is 2.62 bits per heavy atom. The van der Waals surface area contributed by atoms with Crippen molar-refractivity contribution in [2.24, 2.45) is 0 Å². The molecular formula is C18H16ClN3O3S. The first-order valence-electron chi connectivity index (χ1n) is 7.75. The molecule has 3 aromatic rings. The third-order valence-corrected chi connectivity index (χ3v) is 4.88. The van der Waals surface area contributed by atoms with Crippen LogP contribution >= 0.6 is 11.6 Å². The molecule has 0 saturated carbocycles. The fourth-order valence-corrected chi connectivity index (χ4v) is 3.09. The van der Waals surface area contributed by atoms with Crippen molar-refractivity contribution >= 4 is 27.7 Å². The van der Waals surface area contributed by atoms with Gasteiger partial charge in [0.05, 0.1) is 6.54 Å². The first kappa shape index (κ1) is 18.3. The molecule has 0 bridgehead atoms. The Morgan fingerprint density at radius 1 is 1.15 bits per heavy atom. The van der Waals surface area contributed by atoms with Gasteiger partial charge in [0.15, 0.2) is 5.82 Å². The summed E-state index contributed by atoms with van der Waals surface area (Å²) in [6.45, 7) is 1.87. The summed E-state index contributed by atoms with van der Waals surface area (Å²) >= 11 is 5.80. The Bertz CT molecular complexity index is 1030. The Balaban J connectivity index is 1.65. The largest absolute Gasteiger partial charge is 0.334 e. The van der Waals surface area contributed by atoms with Crippen molar-refractivity contribution in [2.45, 2.75) is 13.5 Å². The van der Waals surface area contributed by atoms with Gasteiger partial charge < -0.3 is 4.52 Å². The highest BCUT2D eigenvalue weighted by atomic mass is 35.5. The predicted molar refractivity (Wildman–Crippen MR) is 101 cm³/mol. The van der Waals surface area contributed by atoms with Gasteiger partial charge in [-0.05, 0) is 42.3 Å². The number of benzene rings is 2. The normalized spacial score (nSPS) is 11.9. The molecule has 2 aromatic carbocycles. The molecule has 0 radical (unpaired) electrons. The van der Waals surface area contributed by atoms with Crippen LogP contribution in [-0.2, 0) is 16.6 Å². The van der Waals surface area contributed by atoms with E-state index in [0.717, 1.165) is 22.1 Å². The summed E-state index contributed by atoms with van der Waals surface area (Å²) in [6, 6.07) is 14.4. The first-order valence-corrected chi connectivity index (χ1v) is 9.67. The van der Waals surface area contributed by atoms with E-state index in [0.29, 0.717) is 10.9 Å². The molecule has 8 heteroatoms. The minimum absolute atomic E-state index is 0.0668. The van der Waals surface area contributed by atoms with E-state index in [2.05, 4.69) is 14.9 Å². The molecule has 0 aliphatic heterocycles. The Kier molecular flexibility index (Phi) is 5.51. The molecule has 1 N–H and O–H groups in total. The second-order valence-electron chi connectivity index (χ2n) is 5.55. The van der Waals surface area contributed by atoms with E-state index < -0.39 is 10.0 Å². The highest BCUT2D eigenvalue weighted by molar-refractivity contribution is 7.92. The number of halogens is 1. The van der Waals surface area contributed by atoms with Gasteiger partial charge in [-0.2, -0.15) is 4.98 Å². The molecule has 6 nitrogen and oxygen atoms in total. The van der Waals surface area contributed by atoms with E-state index >= 15 is 0 Å². The molecule has 3 rings (SSSR count). The third-order valence-electron chi connectivity index (χ3n) is 3.58. The summed E-state index contributed by atoms with van der Waals surface area (Å²) in [6.07, 6.45) is 1.48. The van der Waals surface area contributed by atoms with Crippen molar-refractivity contribution in [3.8, 4) is 11.5 Å². The monoisotopic (exact) mass is 389 g/mol. The average molecular weight is 390 g/mol. The third kappa shape index (κ3) is 4.78. The molecule has 0 unspecified atom stereocenters. The molecule has 0 spiro atoms. The van der Waals surface area contributed by atoms with Gasteiger partial charge in [0.1, 0.15) is 0 Å². The van der Waals surface area contributed by atoms with E-state index in [1.807, 2.05) is 31.2 Å². The summed E-state index contributed by atoms with van der Waals surface area (Å²) in [7, 11) is -3.64. The van der Waals surface area contributed by atoms with E-state index in [4.69, 9.17) is 16.1 Å². The highest BCUT2D eigenvalue weighted by Gasteiger charge is 2.13. The minimum Gasteiger partial charge on any atom is -0.334 e. The molecule has 1 heterocycles. The van der Waals surface area contributed by atoms with Crippen LogP contribution in [0.1, 0.15) is 17.0 Å². The summed E-state index contributed by atoms with van der Waals surface area (Å²) in [5.41, 5.74) is 2.53. The smallest absolute Gasteiger partial charge is 0.258 e. The van der Waals surface area contributed by atoms with E-state index in [1.165, 1.54) is 6.08 Å². The maximum absolute atomic E-state index is 12.1. The van der Waals surface area contributed by atoms with Crippen LogP contribution in [0.2, 0.25) is 5.02 Å². The van der Waals surface area contributed by atoms with Crippen LogP contribution in [-0.4, -0.2) is 18.6 Å². The number of hydrogen-bond donors (Lipinski definition) is 1. The predicted octanol–water partition coefficient (Wildman–Crippen LogP) is 3.79.